The van der Waals surface area contributed by atoms with E-state index in [1.165, 1.54) is 24.0 Å². The summed E-state index contributed by atoms with van der Waals surface area (Å²) in [6, 6.07) is 10.2. The highest BCUT2D eigenvalue weighted by Gasteiger charge is 2.13. The van der Waals surface area contributed by atoms with Crippen LogP contribution >= 0.6 is 34.7 Å². The Labute approximate surface area is 172 Å². The summed E-state index contributed by atoms with van der Waals surface area (Å²) in [5, 5.41) is 23.9. The van der Waals surface area contributed by atoms with Gasteiger partial charge < -0.3 is 4.57 Å². The van der Waals surface area contributed by atoms with Crippen LogP contribution in [0, 0.1) is 10.1 Å². The first-order valence-corrected chi connectivity index (χ1v) is 9.96. The standard InChI is InChI=1S/C16H13ClN6O3S2/c1-22-15(10-2-4-11(17)5-3-10)20-21-16(22)27-9-13(24)19-18-8-12-6-7-14(28-12)23(25)26/h2-8H,9H2,1H3,(H,19,24)/b18-8-. The van der Waals surface area contributed by atoms with Gasteiger partial charge in [-0.25, -0.2) is 5.43 Å². The minimum Gasteiger partial charge on any atom is -0.305 e. The van der Waals surface area contributed by atoms with Gasteiger partial charge in [0.1, 0.15) is 0 Å². The van der Waals surface area contributed by atoms with Crippen LogP contribution in [-0.2, 0) is 11.8 Å². The lowest BCUT2D eigenvalue weighted by Gasteiger charge is -2.03. The molecule has 12 heteroatoms. The summed E-state index contributed by atoms with van der Waals surface area (Å²) in [6.07, 6.45) is 1.36. The number of aromatic nitrogens is 3. The molecule has 0 unspecified atom stereocenters. The van der Waals surface area contributed by atoms with Gasteiger partial charge in [0.2, 0.25) is 0 Å². The van der Waals surface area contributed by atoms with Crippen molar-refractivity contribution in [3.8, 4) is 11.4 Å². The fourth-order valence-electron chi connectivity index (χ4n) is 2.13. The first-order valence-electron chi connectivity index (χ1n) is 7.78. The predicted molar refractivity (Wildman–Crippen MR) is 109 cm³/mol. The molecule has 3 aromatic rings. The molecule has 0 atom stereocenters. The molecule has 28 heavy (non-hydrogen) atoms. The van der Waals surface area contributed by atoms with Crippen LogP contribution < -0.4 is 5.43 Å². The quantitative estimate of drug-likeness (QED) is 0.263. The largest absolute Gasteiger partial charge is 0.324 e. The highest BCUT2D eigenvalue weighted by atomic mass is 35.5. The van der Waals surface area contributed by atoms with Gasteiger partial charge in [-0.05, 0) is 30.3 Å². The molecule has 0 aliphatic carbocycles. The fraction of sp³-hybridized carbons (Fsp3) is 0.125. The second-order valence-corrected chi connectivity index (χ2v) is 7.86. The maximum Gasteiger partial charge on any atom is 0.324 e. The van der Waals surface area contributed by atoms with Crippen molar-refractivity contribution in [2.75, 3.05) is 5.75 Å². The van der Waals surface area contributed by atoms with Crippen LogP contribution in [0.5, 0.6) is 0 Å². The highest BCUT2D eigenvalue weighted by Crippen LogP contribution is 2.24. The molecule has 0 saturated carbocycles. The maximum atomic E-state index is 11.9. The Hall–Kier alpha value is -2.76. The third kappa shape index (κ3) is 4.94. The van der Waals surface area contributed by atoms with E-state index in [4.69, 9.17) is 11.6 Å². The Morgan fingerprint density at radius 3 is 2.79 bits per heavy atom. The summed E-state index contributed by atoms with van der Waals surface area (Å²) in [5.41, 5.74) is 3.24. The Morgan fingerprint density at radius 2 is 2.11 bits per heavy atom. The zero-order valence-corrected chi connectivity index (χ0v) is 16.8. The van der Waals surface area contributed by atoms with Gasteiger partial charge in [0.25, 0.3) is 5.91 Å². The number of nitro groups is 1. The molecule has 0 bridgehead atoms. The molecule has 144 valence electrons. The van der Waals surface area contributed by atoms with Crippen LogP contribution in [0.3, 0.4) is 0 Å². The normalized spacial score (nSPS) is 11.1. The van der Waals surface area contributed by atoms with Gasteiger partial charge >= 0.3 is 5.00 Å². The van der Waals surface area contributed by atoms with Crippen molar-refractivity contribution in [3.63, 3.8) is 0 Å². The number of thiophene rings is 1. The fourth-order valence-corrected chi connectivity index (χ4v) is 3.65. The van der Waals surface area contributed by atoms with Crippen molar-refractivity contribution in [3.05, 3.63) is 56.4 Å². The van der Waals surface area contributed by atoms with Crippen LogP contribution in [0.4, 0.5) is 5.00 Å². The Morgan fingerprint density at radius 1 is 1.36 bits per heavy atom. The van der Waals surface area contributed by atoms with E-state index in [1.807, 2.05) is 19.2 Å². The lowest BCUT2D eigenvalue weighted by Crippen LogP contribution is -2.19. The monoisotopic (exact) mass is 436 g/mol. The summed E-state index contributed by atoms with van der Waals surface area (Å²) < 4.78 is 1.79. The number of rotatable bonds is 7. The van der Waals surface area contributed by atoms with Crippen molar-refractivity contribution in [1.82, 2.24) is 20.2 Å². The van der Waals surface area contributed by atoms with Crippen molar-refractivity contribution in [1.29, 1.82) is 0 Å². The first-order chi connectivity index (χ1) is 13.4. The predicted octanol–water partition coefficient (Wildman–Crippen LogP) is 3.35. The minimum atomic E-state index is -0.476. The molecule has 1 amide bonds. The van der Waals surface area contributed by atoms with Crippen molar-refractivity contribution in [2.45, 2.75) is 5.16 Å². The van der Waals surface area contributed by atoms with Gasteiger partial charge in [0, 0.05) is 23.7 Å². The molecule has 2 heterocycles. The van der Waals surface area contributed by atoms with Gasteiger partial charge in [-0.2, -0.15) is 5.10 Å². The molecule has 0 aliphatic heterocycles. The zero-order valence-electron chi connectivity index (χ0n) is 14.4. The van der Waals surface area contributed by atoms with E-state index in [0.717, 1.165) is 16.9 Å². The van der Waals surface area contributed by atoms with E-state index >= 15 is 0 Å². The Bertz CT molecular complexity index is 1030. The van der Waals surface area contributed by atoms with E-state index < -0.39 is 4.92 Å². The maximum absolute atomic E-state index is 11.9. The van der Waals surface area contributed by atoms with Crippen LogP contribution in [-0.4, -0.2) is 37.6 Å². The molecule has 0 fully saturated rings. The van der Waals surface area contributed by atoms with Crippen molar-refractivity contribution < 1.29 is 9.72 Å². The Kier molecular flexibility index (Phi) is 6.39. The third-order valence-electron chi connectivity index (χ3n) is 3.44. The molecule has 2 aromatic heterocycles. The van der Waals surface area contributed by atoms with Crippen LogP contribution in [0.15, 0.2) is 46.7 Å². The number of benzene rings is 1. The minimum absolute atomic E-state index is 0.0158. The molecule has 0 spiro atoms. The number of hydrogen-bond donors (Lipinski definition) is 1. The summed E-state index contributed by atoms with van der Waals surface area (Å²) in [7, 11) is 1.81. The molecule has 1 aromatic carbocycles. The molecule has 0 saturated heterocycles. The zero-order chi connectivity index (χ0) is 20.1. The number of thioether (sulfide) groups is 1. The second-order valence-electron chi connectivity index (χ2n) is 5.39. The number of hydrazone groups is 1. The third-order valence-corrected chi connectivity index (χ3v) is 5.69. The van der Waals surface area contributed by atoms with E-state index in [9.17, 15) is 14.9 Å². The average molecular weight is 437 g/mol. The topological polar surface area (TPSA) is 115 Å². The summed E-state index contributed by atoms with van der Waals surface area (Å²) in [6.45, 7) is 0. The van der Waals surface area contributed by atoms with E-state index in [0.29, 0.717) is 20.9 Å². The van der Waals surface area contributed by atoms with Crippen molar-refractivity contribution >= 4 is 51.8 Å². The summed E-state index contributed by atoms with van der Waals surface area (Å²) >= 11 is 8.08. The van der Waals surface area contributed by atoms with Crippen LogP contribution in [0.1, 0.15) is 4.88 Å². The van der Waals surface area contributed by atoms with Crippen LogP contribution in [0.2, 0.25) is 5.02 Å². The van der Waals surface area contributed by atoms with Gasteiger partial charge in [-0.1, -0.05) is 34.7 Å². The number of nitrogens with one attached hydrogen (secondary N) is 1. The van der Waals surface area contributed by atoms with E-state index in [-0.39, 0.29) is 16.7 Å². The van der Waals surface area contributed by atoms with Gasteiger partial charge in [-0.15, -0.1) is 10.2 Å². The number of hydrogen-bond acceptors (Lipinski definition) is 8. The van der Waals surface area contributed by atoms with Crippen molar-refractivity contribution in [2.24, 2.45) is 12.1 Å². The lowest BCUT2D eigenvalue weighted by molar-refractivity contribution is -0.380. The van der Waals surface area contributed by atoms with Gasteiger partial charge in [0.15, 0.2) is 11.0 Å². The SMILES string of the molecule is Cn1c(SCC(=O)N/N=C\c2ccc([N+](=O)[O-])s2)nnc1-c1ccc(Cl)cc1. The molecule has 9 nitrogen and oxygen atoms in total. The molecular weight excluding hydrogens is 424 g/mol. The lowest BCUT2D eigenvalue weighted by atomic mass is 10.2. The van der Waals surface area contributed by atoms with Crippen LogP contribution in [0.25, 0.3) is 11.4 Å². The molecule has 1 N–H and O–H groups in total. The smallest absolute Gasteiger partial charge is 0.305 e. The van der Waals surface area contributed by atoms with E-state index in [2.05, 4.69) is 20.7 Å². The van der Waals surface area contributed by atoms with Gasteiger partial charge in [0.05, 0.1) is 21.8 Å². The number of nitrogens with zero attached hydrogens (tertiary/aromatic N) is 5. The molecule has 3 rings (SSSR count). The number of carbonyl (C=O) groups excluding carboxylic acids is 1. The first kappa shape index (κ1) is 20.0. The second kappa shape index (κ2) is 8.95. The molecular formula is C16H13ClN6O3S2. The average Bonchev–Trinajstić information content (AvgIpc) is 3.28. The number of carbonyl (C=O) groups is 1. The number of halogens is 1. The van der Waals surface area contributed by atoms with E-state index in [1.54, 1.807) is 22.8 Å². The van der Waals surface area contributed by atoms with Gasteiger partial charge in [-0.3, -0.25) is 14.9 Å². The summed E-state index contributed by atoms with van der Waals surface area (Å²) in [5.74, 6) is 0.425. The summed E-state index contributed by atoms with van der Waals surface area (Å²) in [4.78, 5) is 22.6. The highest BCUT2D eigenvalue weighted by molar-refractivity contribution is 7.99. The number of amides is 1. The molecule has 0 radical (unpaired) electrons. The Balaban J connectivity index is 1.54. The molecule has 0 aliphatic rings.